The third-order valence-electron chi connectivity index (χ3n) is 3.60. The lowest BCUT2D eigenvalue weighted by Crippen LogP contribution is -2.45. The molecular formula is C14H23N3O2. The maximum absolute atomic E-state index is 10.8. The van der Waals surface area contributed by atoms with Crippen LogP contribution in [0, 0.1) is 0 Å². The number of likely N-dealkylation sites (tertiary alicyclic amines) is 1. The lowest BCUT2D eigenvalue weighted by atomic mass is 10.1. The number of nitrogens with one attached hydrogen (secondary N) is 1. The van der Waals surface area contributed by atoms with Gasteiger partial charge in [-0.1, -0.05) is 6.92 Å². The molecule has 0 atom stereocenters. The number of carbonyl (C=O) groups is 1. The summed E-state index contributed by atoms with van der Waals surface area (Å²) in [6, 6.07) is 4.57. The Balaban J connectivity index is 1.69. The highest BCUT2D eigenvalue weighted by molar-refractivity contribution is 5.75. The van der Waals surface area contributed by atoms with Crippen LogP contribution in [-0.4, -0.2) is 36.5 Å². The smallest absolute Gasteiger partial charge is 0.231 e. The number of rotatable bonds is 6. The molecule has 1 aromatic heterocycles. The van der Waals surface area contributed by atoms with Crippen LogP contribution < -0.4 is 11.1 Å². The summed E-state index contributed by atoms with van der Waals surface area (Å²) in [5.41, 5.74) is 5.20. The van der Waals surface area contributed by atoms with E-state index in [9.17, 15) is 4.79 Å². The Bertz CT molecular complexity index is 409. The molecule has 1 saturated heterocycles. The van der Waals surface area contributed by atoms with E-state index in [1.807, 2.05) is 12.1 Å². The second kappa shape index (κ2) is 6.73. The maximum atomic E-state index is 10.8. The molecule has 1 aromatic rings. The Morgan fingerprint density at radius 2 is 2.11 bits per heavy atom. The van der Waals surface area contributed by atoms with Gasteiger partial charge in [0.2, 0.25) is 5.91 Å². The summed E-state index contributed by atoms with van der Waals surface area (Å²) >= 11 is 0. The third-order valence-corrected chi connectivity index (χ3v) is 3.60. The number of carbonyl (C=O) groups excluding carboxylic acids is 1. The molecule has 0 unspecified atom stereocenters. The molecule has 2 rings (SSSR count). The van der Waals surface area contributed by atoms with Crippen LogP contribution >= 0.6 is 0 Å². The minimum absolute atomic E-state index is 0.242. The lowest BCUT2D eigenvalue weighted by molar-refractivity contribution is -0.119. The van der Waals surface area contributed by atoms with Gasteiger partial charge in [0.05, 0.1) is 13.1 Å². The van der Waals surface area contributed by atoms with Gasteiger partial charge in [0, 0.05) is 25.6 Å². The average molecular weight is 265 g/mol. The van der Waals surface area contributed by atoms with Crippen molar-refractivity contribution in [1.82, 2.24) is 10.2 Å². The van der Waals surface area contributed by atoms with Crippen molar-refractivity contribution in [3.8, 4) is 0 Å². The van der Waals surface area contributed by atoms with Crippen LogP contribution in [0.2, 0.25) is 0 Å². The minimum atomic E-state index is -0.242. The van der Waals surface area contributed by atoms with Gasteiger partial charge in [-0.3, -0.25) is 9.69 Å². The van der Waals surface area contributed by atoms with E-state index in [2.05, 4.69) is 17.1 Å². The highest BCUT2D eigenvalue weighted by Crippen LogP contribution is 2.12. The van der Waals surface area contributed by atoms with E-state index >= 15 is 0 Å². The fourth-order valence-corrected chi connectivity index (χ4v) is 2.47. The van der Waals surface area contributed by atoms with Crippen molar-refractivity contribution >= 4 is 5.91 Å². The Hall–Kier alpha value is -1.33. The highest BCUT2D eigenvalue weighted by atomic mass is 16.3. The molecule has 0 spiro atoms. The highest BCUT2D eigenvalue weighted by Gasteiger charge is 2.19. The monoisotopic (exact) mass is 265 g/mol. The van der Waals surface area contributed by atoms with E-state index in [4.69, 9.17) is 10.2 Å². The summed E-state index contributed by atoms with van der Waals surface area (Å²) in [6.07, 6.45) is 3.04. The molecule has 1 amide bonds. The van der Waals surface area contributed by atoms with Gasteiger partial charge in [0.1, 0.15) is 11.5 Å². The fourth-order valence-electron chi connectivity index (χ4n) is 2.47. The zero-order chi connectivity index (χ0) is 13.7. The molecule has 3 N–H and O–H groups in total. The number of aryl methyl sites for hydroxylation is 1. The van der Waals surface area contributed by atoms with Crippen LogP contribution in [0.4, 0.5) is 0 Å². The number of nitrogens with zero attached hydrogens (tertiary/aromatic N) is 1. The Kier molecular flexibility index (Phi) is 4.99. The summed E-state index contributed by atoms with van der Waals surface area (Å²) < 4.78 is 5.66. The van der Waals surface area contributed by atoms with Gasteiger partial charge in [0.25, 0.3) is 0 Å². The number of piperidine rings is 1. The average Bonchev–Trinajstić information content (AvgIpc) is 2.85. The first-order valence-corrected chi connectivity index (χ1v) is 6.99. The number of furan rings is 1. The van der Waals surface area contributed by atoms with E-state index in [1.54, 1.807) is 0 Å². The molecule has 1 aliphatic heterocycles. The lowest BCUT2D eigenvalue weighted by Gasteiger charge is -2.31. The van der Waals surface area contributed by atoms with Gasteiger partial charge < -0.3 is 15.5 Å². The Labute approximate surface area is 114 Å². The molecule has 106 valence electrons. The summed E-state index contributed by atoms with van der Waals surface area (Å²) in [7, 11) is 0. The molecule has 2 heterocycles. The van der Waals surface area contributed by atoms with Crippen molar-refractivity contribution in [2.75, 3.05) is 19.6 Å². The number of hydrogen-bond donors (Lipinski definition) is 2. The van der Waals surface area contributed by atoms with Crippen LogP contribution in [0.25, 0.3) is 0 Å². The molecule has 0 radical (unpaired) electrons. The van der Waals surface area contributed by atoms with Crippen LogP contribution in [-0.2, 0) is 17.8 Å². The molecule has 0 bridgehead atoms. The molecule has 1 aliphatic rings. The van der Waals surface area contributed by atoms with E-state index in [0.29, 0.717) is 12.6 Å². The molecule has 5 nitrogen and oxygen atoms in total. The molecule has 0 saturated carbocycles. The molecule has 19 heavy (non-hydrogen) atoms. The molecule has 1 fully saturated rings. The van der Waals surface area contributed by atoms with E-state index in [0.717, 1.165) is 50.4 Å². The molecule has 5 heteroatoms. The largest absolute Gasteiger partial charge is 0.465 e. The quantitative estimate of drug-likeness (QED) is 0.801. The van der Waals surface area contributed by atoms with Crippen molar-refractivity contribution < 1.29 is 9.21 Å². The summed E-state index contributed by atoms with van der Waals surface area (Å²) in [4.78, 5) is 13.0. The van der Waals surface area contributed by atoms with Crippen LogP contribution in [0.15, 0.2) is 16.5 Å². The van der Waals surface area contributed by atoms with Crippen LogP contribution in [0.1, 0.15) is 31.3 Å². The van der Waals surface area contributed by atoms with Gasteiger partial charge in [-0.05, 0) is 25.0 Å². The van der Waals surface area contributed by atoms with Crippen molar-refractivity contribution in [3.05, 3.63) is 23.7 Å². The normalized spacial score (nSPS) is 17.7. The number of nitrogens with two attached hydrogens (primary N) is 1. The van der Waals surface area contributed by atoms with Crippen molar-refractivity contribution in [2.24, 2.45) is 5.73 Å². The summed E-state index contributed by atoms with van der Waals surface area (Å²) in [5, 5.41) is 3.51. The number of amides is 1. The fraction of sp³-hybridized carbons (Fsp3) is 0.643. The van der Waals surface area contributed by atoms with Crippen LogP contribution in [0.5, 0.6) is 0 Å². The van der Waals surface area contributed by atoms with Crippen molar-refractivity contribution in [2.45, 2.75) is 38.8 Å². The molecular weight excluding hydrogens is 242 g/mol. The number of hydrogen-bond acceptors (Lipinski definition) is 4. The zero-order valence-corrected chi connectivity index (χ0v) is 11.5. The summed E-state index contributed by atoms with van der Waals surface area (Å²) in [5.74, 6) is 1.79. The minimum Gasteiger partial charge on any atom is -0.465 e. The van der Waals surface area contributed by atoms with Gasteiger partial charge >= 0.3 is 0 Å². The van der Waals surface area contributed by atoms with E-state index in [1.165, 1.54) is 0 Å². The topological polar surface area (TPSA) is 71.5 Å². The third kappa shape index (κ3) is 4.36. The van der Waals surface area contributed by atoms with Gasteiger partial charge in [-0.15, -0.1) is 0 Å². The second-order valence-corrected chi connectivity index (χ2v) is 5.12. The van der Waals surface area contributed by atoms with Crippen molar-refractivity contribution in [1.29, 1.82) is 0 Å². The first kappa shape index (κ1) is 14.1. The Morgan fingerprint density at radius 1 is 1.42 bits per heavy atom. The predicted molar refractivity (Wildman–Crippen MR) is 73.6 cm³/mol. The van der Waals surface area contributed by atoms with E-state index < -0.39 is 0 Å². The zero-order valence-electron chi connectivity index (χ0n) is 11.5. The standard InChI is InChI=1S/C14H23N3O2/c1-2-12-3-4-13(19-12)9-16-11-5-7-17(8-6-11)10-14(15)18/h3-4,11,16H,2,5-10H2,1H3,(H2,15,18). The SMILES string of the molecule is CCc1ccc(CNC2CCN(CC(N)=O)CC2)o1. The Morgan fingerprint density at radius 3 is 2.68 bits per heavy atom. The first-order valence-electron chi connectivity index (χ1n) is 6.99. The second-order valence-electron chi connectivity index (χ2n) is 5.12. The van der Waals surface area contributed by atoms with Crippen molar-refractivity contribution in [3.63, 3.8) is 0 Å². The molecule has 0 aliphatic carbocycles. The van der Waals surface area contributed by atoms with E-state index in [-0.39, 0.29) is 5.91 Å². The van der Waals surface area contributed by atoms with Gasteiger partial charge in [0.15, 0.2) is 0 Å². The van der Waals surface area contributed by atoms with Gasteiger partial charge in [-0.25, -0.2) is 0 Å². The first-order chi connectivity index (χ1) is 9.17. The maximum Gasteiger partial charge on any atom is 0.231 e. The van der Waals surface area contributed by atoms with Crippen LogP contribution in [0.3, 0.4) is 0 Å². The van der Waals surface area contributed by atoms with Gasteiger partial charge in [-0.2, -0.15) is 0 Å². The number of primary amides is 1. The predicted octanol–water partition coefficient (Wildman–Crippen LogP) is 0.881. The summed E-state index contributed by atoms with van der Waals surface area (Å²) in [6.45, 7) is 5.10. The molecule has 0 aromatic carbocycles.